The van der Waals surface area contributed by atoms with Gasteiger partial charge in [-0.2, -0.15) is 5.10 Å². The van der Waals surface area contributed by atoms with Crippen molar-refractivity contribution in [1.82, 2.24) is 20.1 Å². The van der Waals surface area contributed by atoms with Crippen molar-refractivity contribution in [3.05, 3.63) is 43.3 Å². The normalized spacial score (nSPS) is 12.9. The van der Waals surface area contributed by atoms with Crippen molar-refractivity contribution >= 4 is 47.8 Å². The Kier molecular flexibility index (Phi) is 5.99. The van der Waals surface area contributed by atoms with E-state index >= 15 is 0 Å². The lowest BCUT2D eigenvalue weighted by molar-refractivity contribution is 0.471. The number of aromatic nitrogens is 3. The highest BCUT2D eigenvalue weighted by molar-refractivity contribution is 9.11. The Labute approximate surface area is 150 Å². The summed E-state index contributed by atoms with van der Waals surface area (Å²) in [5.74, 6) is 0. The molecule has 2 rings (SSSR count). The molecule has 0 bridgehead atoms. The van der Waals surface area contributed by atoms with Gasteiger partial charge in [-0.1, -0.05) is 6.92 Å². The molecule has 0 aliphatic heterocycles. The molecule has 114 valence electrons. The SMILES string of the molecule is CCNC(c1ncc(Br)cc1Br)c1c(Br)cnn1C(C)C. The molecule has 4 nitrogen and oxygen atoms in total. The largest absolute Gasteiger partial charge is 0.304 e. The summed E-state index contributed by atoms with van der Waals surface area (Å²) >= 11 is 10.7. The third kappa shape index (κ3) is 3.75. The van der Waals surface area contributed by atoms with Gasteiger partial charge in [0, 0.05) is 21.2 Å². The maximum atomic E-state index is 4.58. The number of rotatable bonds is 5. The second-order valence-corrected chi connectivity index (χ2v) is 7.55. The summed E-state index contributed by atoms with van der Waals surface area (Å²) in [4.78, 5) is 4.58. The van der Waals surface area contributed by atoms with Gasteiger partial charge in [-0.15, -0.1) is 0 Å². The van der Waals surface area contributed by atoms with Crippen LogP contribution in [-0.4, -0.2) is 21.3 Å². The van der Waals surface area contributed by atoms with E-state index < -0.39 is 0 Å². The summed E-state index contributed by atoms with van der Waals surface area (Å²) in [6.45, 7) is 7.17. The summed E-state index contributed by atoms with van der Waals surface area (Å²) < 4.78 is 4.92. The zero-order valence-electron chi connectivity index (χ0n) is 12.1. The van der Waals surface area contributed by atoms with E-state index in [0.717, 1.165) is 31.4 Å². The van der Waals surface area contributed by atoms with Crippen molar-refractivity contribution < 1.29 is 0 Å². The van der Waals surface area contributed by atoms with Gasteiger partial charge in [0.05, 0.1) is 28.1 Å². The molecule has 0 fully saturated rings. The Morgan fingerprint density at radius 2 is 1.90 bits per heavy atom. The molecule has 21 heavy (non-hydrogen) atoms. The number of hydrogen-bond donors (Lipinski definition) is 1. The Balaban J connectivity index is 2.56. The molecule has 0 aliphatic rings. The molecule has 2 aromatic rings. The van der Waals surface area contributed by atoms with Crippen molar-refractivity contribution in [1.29, 1.82) is 0 Å². The average molecular weight is 481 g/mol. The Morgan fingerprint density at radius 3 is 2.48 bits per heavy atom. The lowest BCUT2D eigenvalue weighted by Crippen LogP contribution is -2.27. The number of nitrogens with zero attached hydrogens (tertiary/aromatic N) is 3. The minimum atomic E-state index is -0.0308. The summed E-state index contributed by atoms with van der Waals surface area (Å²) in [6, 6.07) is 2.26. The van der Waals surface area contributed by atoms with E-state index in [9.17, 15) is 0 Å². The fourth-order valence-corrected chi connectivity index (χ4v) is 3.92. The molecule has 2 heterocycles. The predicted octanol–water partition coefficient (Wildman–Crippen LogP) is 4.85. The van der Waals surface area contributed by atoms with E-state index in [1.165, 1.54) is 0 Å². The molecule has 0 aromatic carbocycles. The van der Waals surface area contributed by atoms with Gasteiger partial charge < -0.3 is 5.32 Å². The summed E-state index contributed by atoms with van der Waals surface area (Å²) in [6.07, 6.45) is 3.65. The molecule has 0 saturated heterocycles. The van der Waals surface area contributed by atoms with Crippen LogP contribution in [0.3, 0.4) is 0 Å². The van der Waals surface area contributed by atoms with Crippen LogP contribution in [0.1, 0.15) is 44.2 Å². The first kappa shape index (κ1) is 17.1. The monoisotopic (exact) mass is 478 g/mol. The first-order chi connectivity index (χ1) is 9.95. The smallest absolute Gasteiger partial charge is 0.0945 e. The van der Waals surface area contributed by atoms with E-state index in [1.54, 1.807) is 0 Å². The van der Waals surface area contributed by atoms with Crippen LogP contribution >= 0.6 is 47.8 Å². The van der Waals surface area contributed by atoms with E-state index in [2.05, 4.69) is 84.0 Å². The topological polar surface area (TPSA) is 42.7 Å². The molecule has 0 amide bonds. The molecular formula is C14H17Br3N4. The van der Waals surface area contributed by atoms with E-state index in [4.69, 9.17) is 0 Å². The molecule has 2 aromatic heterocycles. The van der Waals surface area contributed by atoms with Gasteiger partial charge >= 0.3 is 0 Å². The van der Waals surface area contributed by atoms with Gasteiger partial charge in [0.15, 0.2) is 0 Å². The lowest BCUT2D eigenvalue weighted by Gasteiger charge is -2.22. The van der Waals surface area contributed by atoms with Gasteiger partial charge in [-0.3, -0.25) is 9.67 Å². The zero-order valence-corrected chi connectivity index (χ0v) is 16.8. The van der Waals surface area contributed by atoms with Crippen LogP contribution in [0.25, 0.3) is 0 Å². The highest BCUT2D eigenvalue weighted by Crippen LogP contribution is 2.33. The van der Waals surface area contributed by atoms with Crippen LogP contribution in [0.4, 0.5) is 0 Å². The van der Waals surface area contributed by atoms with E-state index in [1.807, 2.05) is 23.1 Å². The minimum Gasteiger partial charge on any atom is -0.304 e. The van der Waals surface area contributed by atoms with Crippen molar-refractivity contribution in [2.24, 2.45) is 0 Å². The van der Waals surface area contributed by atoms with Gasteiger partial charge in [0.25, 0.3) is 0 Å². The molecule has 1 unspecified atom stereocenters. The van der Waals surface area contributed by atoms with Crippen LogP contribution in [-0.2, 0) is 0 Å². The predicted molar refractivity (Wildman–Crippen MR) is 95.5 cm³/mol. The highest BCUT2D eigenvalue weighted by atomic mass is 79.9. The maximum absolute atomic E-state index is 4.58. The second kappa shape index (κ2) is 7.35. The molecule has 0 saturated carbocycles. The first-order valence-corrected chi connectivity index (χ1v) is 9.10. The third-order valence-corrected chi connectivity index (χ3v) is 4.75. The Hall–Kier alpha value is -0.240. The number of hydrogen-bond acceptors (Lipinski definition) is 3. The molecular weight excluding hydrogens is 464 g/mol. The van der Waals surface area contributed by atoms with Crippen LogP contribution in [0, 0.1) is 0 Å². The van der Waals surface area contributed by atoms with Crippen molar-refractivity contribution in [2.75, 3.05) is 6.54 Å². The molecule has 1 atom stereocenters. The van der Waals surface area contributed by atoms with Crippen molar-refractivity contribution in [3.8, 4) is 0 Å². The molecule has 0 aliphatic carbocycles. The number of halogens is 3. The van der Waals surface area contributed by atoms with Gasteiger partial charge in [0.1, 0.15) is 0 Å². The fraction of sp³-hybridized carbons (Fsp3) is 0.429. The lowest BCUT2D eigenvalue weighted by atomic mass is 10.1. The maximum Gasteiger partial charge on any atom is 0.0945 e. The Bertz CT molecular complexity index is 625. The average Bonchev–Trinajstić information content (AvgIpc) is 2.79. The number of nitrogens with one attached hydrogen (secondary N) is 1. The van der Waals surface area contributed by atoms with Crippen molar-refractivity contribution in [3.63, 3.8) is 0 Å². The Morgan fingerprint density at radius 1 is 1.19 bits per heavy atom. The summed E-state index contributed by atoms with van der Waals surface area (Å²) in [7, 11) is 0. The van der Waals surface area contributed by atoms with Crippen LogP contribution in [0.5, 0.6) is 0 Å². The van der Waals surface area contributed by atoms with Crippen LogP contribution in [0.15, 0.2) is 31.9 Å². The van der Waals surface area contributed by atoms with Gasteiger partial charge in [-0.05, 0) is 74.2 Å². The molecule has 7 heteroatoms. The second-order valence-electron chi connectivity index (χ2n) is 4.93. The fourth-order valence-electron chi connectivity index (χ4n) is 2.20. The van der Waals surface area contributed by atoms with E-state index in [0.29, 0.717) is 0 Å². The van der Waals surface area contributed by atoms with Crippen LogP contribution in [0.2, 0.25) is 0 Å². The standard InChI is InChI=1S/C14H17Br3N4/c1-4-18-13(12-10(16)5-9(15)6-19-12)14-11(17)7-20-21(14)8(2)3/h5-8,13,18H,4H2,1-3H3. The summed E-state index contributed by atoms with van der Waals surface area (Å²) in [5.41, 5.74) is 2.03. The van der Waals surface area contributed by atoms with E-state index in [-0.39, 0.29) is 12.1 Å². The zero-order chi connectivity index (χ0) is 15.6. The van der Waals surface area contributed by atoms with Gasteiger partial charge in [-0.25, -0.2) is 0 Å². The third-order valence-electron chi connectivity index (χ3n) is 3.07. The molecule has 0 radical (unpaired) electrons. The van der Waals surface area contributed by atoms with Crippen molar-refractivity contribution in [2.45, 2.75) is 32.9 Å². The highest BCUT2D eigenvalue weighted by Gasteiger charge is 2.25. The number of pyridine rings is 1. The summed E-state index contributed by atoms with van der Waals surface area (Å²) in [5, 5.41) is 7.97. The first-order valence-electron chi connectivity index (χ1n) is 6.72. The van der Waals surface area contributed by atoms with Gasteiger partial charge in [0.2, 0.25) is 0 Å². The quantitative estimate of drug-likeness (QED) is 0.665. The molecule has 1 N–H and O–H groups in total. The molecule has 0 spiro atoms. The minimum absolute atomic E-state index is 0.0308. The van der Waals surface area contributed by atoms with Crippen LogP contribution < -0.4 is 5.32 Å².